The van der Waals surface area contributed by atoms with Crippen molar-refractivity contribution in [1.29, 1.82) is 0 Å². The minimum atomic E-state index is -0.0526. The zero-order chi connectivity index (χ0) is 10.4. The van der Waals surface area contributed by atoms with Crippen LogP contribution < -0.4 is 10.6 Å². The van der Waals surface area contributed by atoms with Gasteiger partial charge in [0.15, 0.2) is 0 Å². The fourth-order valence-corrected chi connectivity index (χ4v) is 0.977. The van der Waals surface area contributed by atoms with Crippen molar-refractivity contribution in [1.82, 2.24) is 20.5 Å². The normalized spacial score (nSPS) is 9.50. The van der Waals surface area contributed by atoms with Gasteiger partial charge < -0.3 is 10.6 Å². The van der Waals surface area contributed by atoms with Gasteiger partial charge in [0.25, 0.3) is 0 Å². The average Bonchev–Trinajstić information content (AvgIpc) is 2.12. The van der Waals surface area contributed by atoms with E-state index in [0.717, 1.165) is 0 Å². The van der Waals surface area contributed by atoms with Gasteiger partial charge in [-0.05, 0) is 12.2 Å². The van der Waals surface area contributed by atoms with E-state index in [4.69, 9.17) is 12.2 Å². The van der Waals surface area contributed by atoms with Crippen molar-refractivity contribution >= 4 is 23.9 Å². The lowest BCUT2D eigenvalue weighted by atomic mass is 10.5. The SMILES string of the molecule is CC(=O)NCCNc1cn[nH]c(=S)n1. The smallest absolute Gasteiger partial charge is 0.216 e. The van der Waals surface area contributed by atoms with Crippen molar-refractivity contribution in [2.45, 2.75) is 6.92 Å². The molecule has 1 amide bonds. The number of aromatic amines is 1. The minimum Gasteiger partial charge on any atom is -0.367 e. The molecule has 1 rings (SSSR count). The van der Waals surface area contributed by atoms with Crippen LogP contribution in [-0.2, 0) is 4.79 Å². The number of anilines is 1. The number of H-pyrrole nitrogens is 1. The summed E-state index contributed by atoms with van der Waals surface area (Å²) in [6.45, 7) is 2.61. The molecule has 0 bridgehead atoms. The maximum atomic E-state index is 10.5. The van der Waals surface area contributed by atoms with Gasteiger partial charge in [-0.2, -0.15) is 5.10 Å². The molecule has 0 radical (unpaired) electrons. The van der Waals surface area contributed by atoms with Crippen LogP contribution in [0.25, 0.3) is 0 Å². The summed E-state index contributed by atoms with van der Waals surface area (Å²) in [6.07, 6.45) is 1.53. The lowest BCUT2D eigenvalue weighted by Gasteiger charge is -2.04. The molecule has 6 nitrogen and oxygen atoms in total. The fraction of sp³-hybridized carbons (Fsp3) is 0.429. The first-order valence-corrected chi connectivity index (χ1v) is 4.49. The Morgan fingerprint density at radius 3 is 3.07 bits per heavy atom. The van der Waals surface area contributed by atoms with Gasteiger partial charge in [0, 0.05) is 20.0 Å². The number of rotatable bonds is 4. The molecule has 1 aromatic heterocycles. The monoisotopic (exact) mass is 213 g/mol. The number of hydrogen-bond donors (Lipinski definition) is 3. The number of aromatic nitrogens is 3. The second kappa shape index (κ2) is 5.28. The van der Waals surface area contributed by atoms with Gasteiger partial charge in [0.2, 0.25) is 10.7 Å². The van der Waals surface area contributed by atoms with E-state index in [1.807, 2.05) is 0 Å². The van der Waals surface area contributed by atoms with Crippen LogP contribution in [0.3, 0.4) is 0 Å². The standard InChI is InChI=1S/C7H11N5OS/c1-5(13)8-2-3-9-6-4-10-12-7(14)11-6/h4H,2-3H2,1H3,(H,8,13)(H2,9,11,12,14). The summed E-state index contributed by atoms with van der Waals surface area (Å²) in [5.74, 6) is 0.544. The van der Waals surface area contributed by atoms with E-state index in [2.05, 4.69) is 25.8 Å². The highest BCUT2D eigenvalue weighted by molar-refractivity contribution is 7.71. The molecule has 0 atom stereocenters. The van der Waals surface area contributed by atoms with Gasteiger partial charge in [-0.3, -0.25) is 9.89 Å². The molecule has 0 fully saturated rings. The van der Waals surface area contributed by atoms with Crippen LogP contribution in [0.5, 0.6) is 0 Å². The molecule has 3 N–H and O–H groups in total. The number of amides is 1. The molecular weight excluding hydrogens is 202 g/mol. The zero-order valence-corrected chi connectivity index (χ0v) is 8.52. The lowest BCUT2D eigenvalue weighted by Crippen LogP contribution is -2.26. The van der Waals surface area contributed by atoms with Gasteiger partial charge in [0.05, 0.1) is 6.20 Å². The fourth-order valence-electron chi connectivity index (χ4n) is 0.826. The van der Waals surface area contributed by atoms with Crippen LogP contribution in [0.1, 0.15) is 6.92 Å². The first kappa shape index (κ1) is 10.6. The number of nitrogens with zero attached hydrogens (tertiary/aromatic N) is 2. The summed E-state index contributed by atoms with van der Waals surface area (Å²) in [6, 6.07) is 0. The lowest BCUT2D eigenvalue weighted by molar-refractivity contribution is -0.118. The highest BCUT2D eigenvalue weighted by atomic mass is 32.1. The highest BCUT2D eigenvalue weighted by Crippen LogP contribution is 1.94. The van der Waals surface area contributed by atoms with Crippen LogP contribution in [0, 0.1) is 4.77 Å². The molecule has 76 valence electrons. The zero-order valence-electron chi connectivity index (χ0n) is 7.70. The second-order valence-corrected chi connectivity index (χ2v) is 2.97. The third-order valence-corrected chi connectivity index (χ3v) is 1.56. The summed E-state index contributed by atoms with van der Waals surface area (Å²) in [5, 5.41) is 11.9. The quantitative estimate of drug-likeness (QED) is 0.487. The van der Waals surface area contributed by atoms with Gasteiger partial charge in [-0.15, -0.1) is 0 Å². The largest absolute Gasteiger partial charge is 0.367 e. The third-order valence-electron chi connectivity index (χ3n) is 1.37. The molecule has 0 aliphatic rings. The van der Waals surface area contributed by atoms with Crippen LogP contribution in [0.2, 0.25) is 0 Å². The van der Waals surface area contributed by atoms with E-state index < -0.39 is 0 Å². The van der Waals surface area contributed by atoms with Crippen LogP contribution in [-0.4, -0.2) is 34.2 Å². The number of carbonyl (C=O) groups is 1. The van der Waals surface area contributed by atoms with Gasteiger partial charge in [-0.25, -0.2) is 4.98 Å². The summed E-state index contributed by atoms with van der Waals surface area (Å²) >= 11 is 4.78. The molecule has 0 unspecified atom stereocenters. The molecule has 0 aliphatic heterocycles. The molecule has 1 aromatic rings. The maximum Gasteiger partial charge on any atom is 0.216 e. The maximum absolute atomic E-state index is 10.5. The van der Waals surface area contributed by atoms with Crippen molar-refractivity contribution < 1.29 is 4.79 Å². The Labute approximate surface area is 86.1 Å². The van der Waals surface area contributed by atoms with Gasteiger partial charge >= 0.3 is 0 Å². The van der Waals surface area contributed by atoms with E-state index in [-0.39, 0.29) is 5.91 Å². The molecule has 0 aromatic carbocycles. The molecule has 7 heteroatoms. The third kappa shape index (κ3) is 3.94. The number of hydrogen-bond acceptors (Lipinski definition) is 5. The van der Waals surface area contributed by atoms with Crippen molar-refractivity contribution in [3.05, 3.63) is 11.0 Å². The second-order valence-electron chi connectivity index (χ2n) is 2.58. The molecular formula is C7H11N5OS. The van der Waals surface area contributed by atoms with E-state index in [9.17, 15) is 4.79 Å². The summed E-state index contributed by atoms with van der Waals surface area (Å²) in [5.41, 5.74) is 0. The molecule has 14 heavy (non-hydrogen) atoms. The van der Waals surface area contributed by atoms with Crippen LogP contribution >= 0.6 is 12.2 Å². The van der Waals surface area contributed by atoms with Crippen molar-refractivity contribution in [3.63, 3.8) is 0 Å². The van der Waals surface area contributed by atoms with E-state index in [1.54, 1.807) is 0 Å². The van der Waals surface area contributed by atoms with E-state index in [0.29, 0.717) is 23.7 Å². The number of nitrogens with one attached hydrogen (secondary N) is 3. The predicted molar refractivity (Wildman–Crippen MR) is 54.4 cm³/mol. The Morgan fingerprint density at radius 1 is 1.64 bits per heavy atom. The van der Waals surface area contributed by atoms with Gasteiger partial charge in [-0.1, -0.05) is 0 Å². The summed E-state index contributed by atoms with van der Waals surface area (Å²) in [7, 11) is 0. The molecule has 0 spiro atoms. The van der Waals surface area contributed by atoms with Crippen molar-refractivity contribution in [3.8, 4) is 0 Å². The Kier molecular flexibility index (Phi) is 3.99. The molecule has 0 saturated heterocycles. The number of carbonyl (C=O) groups excluding carboxylic acids is 1. The topological polar surface area (TPSA) is 82.7 Å². The first-order valence-electron chi connectivity index (χ1n) is 4.08. The van der Waals surface area contributed by atoms with Crippen molar-refractivity contribution in [2.24, 2.45) is 0 Å². The highest BCUT2D eigenvalue weighted by Gasteiger charge is 1.93. The van der Waals surface area contributed by atoms with Crippen molar-refractivity contribution in [2.75, 3.05) is 18.4 Å². The Morgan fingerprint density at radius 2 is 2.43 bits per heavy atom. The average molecular weight is 213 g/mol. The minimum absolute atomic E-state index is 0.0526. The van der Waals surface area contributed by atoms with Crippen LogP contribution in [0.15, 0.2) is 6.20 Å². The first-order chi connectivity index (χ1) is 6.68. The van der Waals surface area contributed by atoms with E-state index in [1.165, 1.54) is 13.1 Å². The van der Waals surface area contributed by atoms with Crippen LogP contribution in [0.4, 0.5) is 5.82 Å². The Hall–Kier alpha value is -1.50. The van der Waals surface area contributed by atoms with E-state index >= 15 is 0 Å². The Bertz CT molecular complexity index is 363. The summed E-state index contributed by atoms with van der Waals surface area (Å²) in [4.78, 5) is 14.5. The molecule has 1 heterocycles. The molecule has 0 aliphatic carbocycles. The molecule has 0 saturated carbocycles. The summed E-state index contributed by atoms with van der Waals surface area (Å²) < 4.78 is 0.328. The van der Waals surface area contributed by atoms with Gasteiger partial charge in [0.1, 0.15) is 5.82 Å². The Balaban J connectivity index is 2.31. The predicted octanol–water partition coefficient (Wildman–Crippen LogP) is 0.0822.